The molecule has 0 aromatic heterocycles. The van der Waals surface area contributed by atoms with E-state index >= 15 is 0 Å². The fourth-order valence-corrected chi connectivity index (χ4v) is 0.839. The highest BCUT2D eigenvalue weighted by Crippen LogP contribution is 2.14. The minimum Gasteiger partial charge on any atom is -0.478 e. The first-order valence-corrected chi connectivity index (χ1v) is 3.56. The lowest BCUT2D eigenvalue weighted by Crippen LogP contribution is -1.92. The monoisotopic (exact) mass is 202 g/mol. The standard InChI is InChI=1S/C9H5F3O2/c10-6-3-5(1-2-8(13)14)4-7(11)9(6)12/h1-4H,(H,13,14)/b2-1+. The Kier molecular flexibility index (Phi) is 2.91. The van der Waals surface area contributed by atoms with Gasteiger partial charge in [-0.3, -0.25) is 0 Å². The lowest BCUT2D eigenvalue weighted by molar-refractivity contribution is -0.131. The van der Waals surface area contributed by atoms with Crippen molar-refractivity contribution in [1.82, 2.24) is 0 Å². The molecule has 2 nitrogen and oxygen atoms in total. The molecule has 1 rings (SSSR count). The van der Waals surface area contributed by atoms with Crippen LogP contribution in [-0.4, -0.2) is 11.1 Å². The van der Waals surface area contributed by atoms with Gasteiger partial charge in [-0.2, -0.15) is 0 Å². The van der Waals surface area contributed by atoms with E-state index in [9.17, 15) is 18.0 Å². The van der Waals surface area contributed by atoms with Gasteiger partial charge in [0.1, 0.15) is 0 Å². The summed E-state index contributed by atoms with van der Waals surface area (Å²) in [5.74, 6) is -5.53. The number of carboxylic acids is 1. The van der Waals surface area contributed by atoms with Crippen LogP contribution in [0.25, 0.3) is 6.08 Å². The normalized spacial score (nSPS) is 10.8. The minimum atomic E-state index is -1.57. The summed E-state index contributed by atoms with van der Waals surface area (Å²) in [6.07, 6.45) is 1.67. The molecule has 0 radical (unpaired) electrons. The number of benzene rings is 1. The van der Waals surface area contributed by atoms with Crippen LogP contribution in [0.5, 0.6) is 0 Å². The largest absolute Gasteiger partial charge is 0.478 e. The van der Waals surface area contributed by atoms with E-state index < -0.39 is 23.4 Å². The van der Waals surface area contributed by atoms with Gasteiger partial charge >= 0.3 is 5.97 Å². The van der Waals surface area contributed by atoms with Gasteiger partial charge in [-0.05, 0) is 23.8 Å². The Morgan fingerprint density at radius 1 is 1.21 bits per heavy atom. The molecule has 1 N–H and O–H groups in total. The Labute approximate surface area is 77.3 Å². The summed E-state index contributed by atoms with van der Waals surface area (Å²) in [6, 6.07) is 1.41. The molecule has 0 aliphatic rings. The van der Waals surface area contributed by atoms with Crippen LogP contribution < -0.4 is 0 Å². The van der Waals surface area contributed by atoms with Gasteiger partial charge in [-0.1, -0.05) is 0 Å². The molecule has 0 atom stereocenters. The SMILES string of the molecule is O=C(O)/C=C/c1cc(F)c(F)c(F)c1. The fourth-order valence-electron chi connectivity index (χ4n) is 0.839. The van der Waals surface area contributed by atoms with Crippen molar-refractivity contribution in [2.45, 2.75) is 0 Å². The van der Waals surface area contributed by atoms with Gasteiger partial charge in [-0.15, -0.1) is 0 Å². The van der Waals surface area contributed by atoms with E-state index in [1.165, 1.54) is 0 Å². The average molecular weight is 202 g/mol. The molecule has 0 unspecified atom stereocenters. The molecule has 0 spiro atoms. The van der Waals surface area contributed by atoms with E-state index in [2.05, 4.69) is 0 Å². The number of hydrogen-bond donors (Lipinski definition) is 1. The number of rotatable bonds is 2. The number of hydrogen-bond acceptors (Lipinski definition) is 1. The first-order valence-electron chi connectivity index (χ1n) is 3.56. The number of aliphatic carboxylic acids is 1. The van der Waals surface area contributed by atoms with Gasteiger partial charge in [-0.25, -0.2) is 18.0 Å². The lowest BCUT2D eigenvalue weighted by atomic mass is 10.2. The zero-order chi connectivity index (χ0) is 10.7. The molecule has 0 heterocycles. The highest BCUT2D eigenvalue weighted by molar-refractivity contribution is 5.85. The van der Waals surface area contributed by atoms with Crippen LogP contribution >= 0.6 is 0 Å². The van der Waals surface area contributed by atoms with E-state index in [0.717, 1.165) is 6.08 Å². The molecule has 1 aromatic rings. The Morgan fingerprint density at radius 2 is 1.71 bits per heavy atom. The second-order valence-corrected chi connectivity index (χ2v) is 2.47. The maximum absolute atomic E-state index is 12.6. The van der Waals surface area contributed by atoms with Gasteiger partial charge in [0, 0.05) is 6.08 Å². The summed E-state index contributed by atoms with van der Waals surface area (Å²) in [5.41, 5.74) is -0.0520. The summed E-state index contributed by atoms with van der Waals surface area (Å²) in [6.45, 7) is 0. The molecule has 0 saturated heterocycles. The average Bonchev–Trinajstić information content (AvgIpc) is 2.10. The summed E-state index contributed by atoms with van der Waals surface area (Å²) >= 11 is 0. The zero-order valence-electron chi connectivity index (χ0n) is 6.80. The summed E-state index contributed by atoms with van der Waals surface area (Å²) < 4.78 is 37.6. The van der Waals surface area contributed by atoms with Gasteiger partial charge in [0.05, 0.1) is 0 Å². The minimum absolute atomic E-state index is 0.0520. The first kappa shape index (κ1) is 10.3. The second-order valence-electron chi connectivity index (χ2n) is 2.47. The van der Waals surface area contributed by atoms with Crippen molar-refractivity contribution in [1.29, 1.82) is 0 Å². The topological polar surface area (TPSA) is 37.3 Å². The molecule has 5 heteroatoms. The van der Waals surface area contributed by atoms with Crippen molar-refractivity contribution in [2.24, 2.45) is 0 Å². The Hall–Kier alpha value is -1.78. The van der Waals surface area contributed by atoms with Gasteiger partial charge in [0.15, 0.2) is 17.5 Å². The van der Waals surface area contributed by atoms with E-state index in [0.29, 0.717) is 18.2 Å². The molecule has 14 heavy (non-hydrogen) atoms. The molecule has 74 valence electrons. The second kappa shape index (κ2) is 3.95. The van der Waals surface area contributed by atoms with Crippen molar-refractivity contribution in [3.8, 4) is 0 Å². The first-order chi connectivity index (χ1) is 6.50. The van der Waals surface area contributed by atoms with Crippen molar-refractivity contribution in [3.05, 3.63) is 41.2 Å². The van der Waals surface area contributed by atoms with Gasteiger partial charge < -0.3 is 5.11 Å². The van der Waals surface area contributed by atoms with Crippen LogP contribution in [0.1, 0.15) is 5.56 Å². The Balaban J connectivity index is 3.07. The molecule has 1 aromatic carbocycles. The third-order valence-corrected chi connectivity index (χ3v) is 1.42. The quantitative estimate of drug-likeness (QED) is 0.589. The van der Waals surface area contributed by atoms with E-state index in [1.807, 2.05) is 0 Å². The van der Waals surface area contributed by atoms with E-state index in [-0.39, 0.29) is 5.56 Å². The molecule has 0 fully saturated rings. The third kappa shape index (κ3) is 2.35. The summed E-state index contributed by atoms with van der Waals surface area (Å²) in [7, 11) is 0. The molecule has 0 amide bonds. The van der Waals surface area contributed by atoms with Crippen molar-refractivity contribution >= 4 is 12.0 Å². The van der Waals surface area contributed by atoms with E-state index in [4.69, 9.17) is 5.11 Å². The van der Waals surface area contributed by atoms with E-state index in [1.54, 1.807) is 0 Å². The third-order valence-electron chi connectivity index (χ3n) is 1.42. The maximum atomic E-state index is 12.6. The van der Waals surface area contributed by atoms with Crippen LogP contribution in [0.4, 0.5) is 13.2 Å². The Bertz CT molecular complexity index is 376. The fraction of sp³-hybridized carbons (Fsp3) is 0. The lowest BCUT2D eigenvalue weighted by Gasteiger charge is -1.97. The van der Waals surface area contributed by atoms with Crippen LogP contribution in [0.2, 0.25) is 0 Å². The van der Waals surface area contributed by atoms with Crippen LogP contribution in [-0.2, 0) is 4.79 Å². The predicted octanol–water partition coefficient (Wildman–Crippen LogP) is 2.20. The predicted molar refractivity (Wildman–Crippen MR) is 43.0 cm³/mol. The van der Waals surface area contributed by atoms with Crippen molar-refractivity contribution in [3.63, 3.8) is 0 Å². The highest BCUT2D eigenvalue weighted by Gasteiger charge is 2.08. The van der Waals surface area contributed by atoms with Gasteiger partial charge in [0.2, 0.25) is 0 Å². The van der Waals surface area contributed by atoms with Crippen molar-refractivity contribution < 1.29 is 23.1 Å². The summed E-state index contributed by atoms with van der Waals surface area (Å²) in [4.78, 5) is 10.1. The molecule has 0 bridgehead atoms. The number of halogens is 3. The van der Waals surface area contributed by atoms with Crippen LogP contribution in [0.3, 0.4) is 0 Å². The molecule has 0 saturated carbocycles. The Morgan fingerprint density at radius 3 is 2.14 bits per heavy atom. The molecular weight excluding hydrogens is 197 g/mol. The smallest absolute Gasteiger partial charge is 0.328 e. The number of carbonyl (C=O) groups is 1. The van der Waals surface area contributed by atoms with Crippen LogP contribution in [0, 0.1) is 17.5 Å². The zero-order valence-corrected chi connectivity index (χ0v) is 6.80. The highest BCUT2D eigenvalue weighted by atomic mass is 19.2. The molecule has 0 aliphatic carbocycles. The van der Waals surface area contributed by atoms with Crippen molar-refractivity contribution in [2.75, 3.05) is 0 Å². The molecular formula is C9H5F3O2. The molecule has 0 aliphatic heterocycles. The maximum Gasteiger partial charge on any atom is 0.328 e. The number of carboxylic acid groups (broad SMARTS) is 1. The summed E-state index contributed by atoms with van der Waals surface area (Å²) in [5, 5.41) is 8.22. The van der Waals surface area contributed by atoms with Gasteiger partial charge in [0.25, 0.3) is 0 Å². The van der Waals surface area contributed by atoms with Crippen LogP contribution in [0.15, 0.2) is 18.2 Å².